The first kappa shape index (κ1) is 21.1. The molecule has 1 N–H and O–H groups in total. The van der Waals surface area contributed by atoms with E-state index in [1.807, 2.05) is 7.05 Å². The molecule has 7 heteroatoms. The van der Waals surface area contributed by atoms with E-state index in [0.29, 0.717) is 5.92 Å². The minimum absolute atomic E-state index is 0.0577. The van der Waals surface area contributed by atoms with E-state index in [0.717, 1.165) is 62.9 Å². The number of alkyl halides is 3. The summed E-state index contributed by atoms with van der Waals surface area (Å²) in [5.41, 5.74) is -0.773. The van der Waals surface area contributed by atoms with Crippen LogP contribution in [-0.2, 0) is 6.18 Å². The molecule has 1 amide bonds. The van der Waals surface area contributed by atoms with Gasteiger partial charge in [-0.2, -0.15) is 13.2 Å². The Morgan fingerprint density at radius 2 is 1.85 bits per heavy atom. The molecule has 0 unspecified atom stereocenters. The highest BCUT2D eigenvalue weighted by Crippen LogP contribution is 2.31. The molecule has 1 aliphatic carbocycles. The molecule has 4 nitrogen and oxygen atoms in total. The molecule has 1 saturated carbocycles. The number of amides is 1. The zero-order chi connectivity index (χ0) is 19.9. The van der Waals surface area contributed by atoms with Gasteiger partial charge in [-0.3, -0.25) is 0 Å². The molecular formula is C20H25F3N2O2. The van der Waals surface area contributed by atoms with E-state index in [4.69, 9.17) is 4.74 Å². The average Bonchev–Trinajstić information content (AvgIpc) is 2.65. The van der Waals surface area contributed by atoms with Gasteiger partial charge in [0, 0.05) is 32.0 Å². The van der Waals surface area contributed by atoms with Crippen LogP contribution < -0.4 is 10.1 Å². The van der Waals surface area contributed by atoms with Crippen molar-refractivity contribution in [3.63, 3.8) is 0 Å². The predicted molar refractivity (Wildman–Crippen MR) is 97.3 cm³/mol. The summed E-state index contributed by atoms with van der Waals surface area (Å²) in [5.74, 6) is 6.92. The molecule has 27 heavy (non-hydrogen) atoms. The number of hydrogen-bond acceptors (Lipinski definition) is 3. The molecule has 0 bridgehead atoms. The van der Waals surface area contributed by atoms with Crippen LogP contribution in [0.5, 0.6) is 5.75 Å². The fraction of sp³-hybridized carbons (Fsp3) is 0.550. The van der Waals surface area contributed by atoms with Gasteiger partial charge in [-0.15, -0.1) is 5.92 Å². The Labute approximate surface area is 158 Å². The molecule has 1 aromatic carbocycles. The van der Waals surface area contributed by atoms with Crippen molar-refractivity contribution >= 4 is 6.09 Å². The van der Waals surface area contributed by atoms with Crippen LogP contribution in [0.25, 0.3) is 0 Å². The lowest BCUT2D eigenvalue weighted by Gasteiger charge is -2.32. The Hall–Kier alpha value is -2.20. The number of rotatable bonds is 4. The number of ether oxygens (including phenoxy) is 1. The van der Waals surface area contributed by atoms with Crippen LogP contribution in [0.15, 0.2) is 24.3 Å². The maximum absolute atomic E-state index is 12.6. The van der Waals surface area contributed by atoms with Crippen molar-refractivity contribution in [1.82, 2.24) is 10.2 Å². The van der Waals surface area contributed by atoms with Crippen molar-refractivity contribution in [3.05, 3.63) is 29.8 Å². The number of carbonyl (C=O) groups is 1. The van der Waals surface area contributed by atoms with Crippen molar-refractivity contribution in [2.45, 2.75) is 44.3 Å². The van der Waals surface area contributed by atoms with Gasteiger partial charge in [-0.05, 0) is 57.0 Å². The quantitative estimate of drug-likeness (QED) is 0.623. The predicted octanol–water partition coefficient (Wildman–Crippen LogP) is 4.31. The van der Waals surface area contributed by atoms with Crippen LogP contribution in [0.4, 0.5) is 18.0 Å². The molecule has 2 rings (SSSR count). The van der Waals surface area contributed by atoms with Gasteiger partial charge in [-0.1, -0.05) is 5.92 Å². The van der Waals surface area contributed by atoms with Crippen molar-refractivity contribution in [3.8, 4) is 17.6 Å². The first-order valence-corrected chi connectivity index (χ1v) is 9.06. The number of benzene rings is 1. The van der Waals surface area contributed by atoms with E-state index in [1.165, 1.54) is 4.90 Å². The van der Waals surface area contributed by atoms with Crippen molar-refractivity contribution in [1.29, 1.82) is 0 Å². The van der Waals surface area contributed by atoms with Gasteiger partial charge in [-0.25, -0.2) is 4.79 Å². The maximum atomic E-state index is 12.6. The average molecular weight is 382 g/mol. The fourth-order valence-corrected chi connectivity index (χ4v) is 3.05. The van der Waals surface area contributed by atoms with Crippen molar-refractivity contribution in [2.24, 2.45) is 5.92 Å². The first-order valence-electron chi connectivity index (χ1n) is 9.06. The summed E-state index contributed by atoms with van der Waals surface area (Å²) in [5, 5.41) is 3.05. The molecule has 1 aliphatic rings. The zero-order valence-corrected chi connectivity index (χ0v) is 15.6. The number of halogens is 3. The molecule has 0 aliphatic heterocycles. The normalized spacial score (nSPS) is 19.7. The van der Waals surface area contributed by atoms with Gasteiger partial charge >= 0.3 is 12.3 Å². The first-order chi connectivity index (χ1) is 12.8. The third-order valence-corrected chi connectivity index (χ3v) is 4.73. The second-order valence-corrected chi connectivity index (χ2v) is 6.68. The van der Waals surface area contributed by atoms with Crippen LogP contribution in [0.1, 0.15) is 37.7 Å². The van der Waals surface area contributed by atoms with Crippen LogP contribution >= 0.6 is 0 Å². The van der Waals surface area contributed by atoms with E-state index in [2.05, 4.69) is 17.2 Å². The molecule has 148 valence electrons. The van der Waals surface area contributed by atoms with Crippen LogP contribution in [0.3, 0.4) is 0 Å². The summed E-state index contributed by atoms with van der Waals surface area (Å²) >= 11 is 0. The summed E-state index contributed by atoms with van der Waals surface area (Å²) in [6.45, 7) is 0.876. The van der Waals surface area contributed by atoms with Gasteiger partial charge in [0.25, 0.3) is 0 Å². The maximum Gasteiger partial charge on any atom is 0.416 e. The minimum atomic E-state index is -4.41. The van der Waals surface area contributed by atoms with Gasteiger partial charge < -0.3 is 15.0 Å². The summed E-state index contributed by atoms with van der Waals surface area (Å²) in [7, 11) is 3.56. The van der Waals surface area contributed by atoms with E-state index >= 15 is 0 Å². The molecular weight excluding hydrogens is 357 g/mol. The Morgan fingerprint density at radius 1 is 1.22 bits per heavy atom. The van der Waals surface area contributed by atoms with Crippen LogP contribution in [0, 0.1) is 17.8 Å². The molecule has 0 radical (unpaired) electrons. The van der Waals surface area contributed by atoms with Crippen LogP contribution in [0.2, 0.25) is 0 Å². The number of hydrogen-bond donors (Lipinski definition) is 1. The van der Waals surface area contributed by atoms with Crippen molar-refractivity contribution < 1.29 is 22.7 Å². The van der Waals surface area contributed by atoms with Gasteiger partial charge in [0.2, 0.25) is 0 Å². The molecule has 0 heterocycles. The minimum Gasteiger partial charge on any atom is -0.410 e. The SMILES string of the molecule is CNCCC#CC1CCC(N(C)C(=O)Oc2ccc(C(F)(F)F)cc2)CC1. The van der Waals surface area contributed by atoms with Gasteiger partial charge in [0.15, 0.2) is 0 Å². The zero-order valence-electron chi connectivity index (χ0n) is 15.6. The third kappa shape index (κ3) is 6.47. The Balaban J connectivity index is 1.82. The van der Waals surface area contributed by atoms with E-state index in [-0.39, 0.29) is 11.8 Å². The standard InChI is InChI=1S/C20H25F3N2O2/c1-24-14-4-3-5-15-6-10-17(11-7-15)25(2)19(26)27-18-12-8-16(9-13-18)20(21,22)23/h8-9,12-13,15,17,24H,4,6-7,10-11,14H2,1-2H3. The van der Waals surface area contributed by atoms with Gasteiger partial charge in [0.1, 0.15) is 5.75 Å². The second kappa shape index (κ2) is 9.65. The van der Waals surface area contributed by atoms with Crippen molar-refractivity contribution in [2.75, 3.05) is 20.6 Å². The van der Waals surface area contributed by atoms with E-state index in [1.54, 1.807) is 7.05 Å². The molecule has 1 fully saturated rings. The summed E-state index contributed by atoms with van der Waals surface area (Å²) in [6.07, 6.45) is -0.611. The smallest absolute Gasteiger partial charge is 0.410 e. The lowest BCUT2D eigenvalue weighted by atomic mass is 9.86. The highest BCUT2D eigenvalue weighted by Gasteiger charge is 2.30. The van der Waals surface area contributed by atoms with E-state index < -0.39 is 17.8 Å². The largest absolute Gasteiger partial charge is 0.416 e. The highest BCUT2D eigenvalue weighted by molar-refractivity contribution is 5.70. The Bertz CT molecular complexity index is 669. The third-order valence-electron chi connectivity index (χ3n) is 4.73. The van der Waals surface area contributed by atoms with Crippen LogP contribution in [-0.4, -0.2) is 37.7 Å². The topological polar surface area (TPSA) is 41.6 Å². The number of nitrogens with zero attached hydrogens (tertiary/aromatic N) is 1. The lowest BCUT2D eigenvalue weighted by molar-refractivity contribution is -0.137. The fourth-order valence-electron chi connectivity index (χ4n) is 3.05. The van der Waals surface area contributed by atoms with Gasteiger partial charge in [0.05, 0.1) is 5.56 Å². The summed E-state index contributed by atoms with van der Waals surface area (Å²) in [6, 6.07) is 4.18. The second-order valence-electron chi connectivity index (χ2n) is 6.68. The number of nitrogens with one attached hydrogen (secondary N) is 1. The molecule has 0 atom stereocenters. The summed E-state index contributed by atoms with van der Waals surface area (Å²) < 4.78 is 42.9. The summed E-state index contributed by atoms with van der Waals surface area (Å²) in [4.78, 5) is 13.8. The molecule has 0 saturated heterocycles. The Kier molecular flexibility index (Phi) is 7.55. The number of carbonyl (C=O) groups excluding carboxylic acids is 1. The Morgan fingerprint density at radius 3 is 2.41 bits per heavy atom. The lowest BCUT2D eigenvalue weighted by Crippen LogP contribution is -2.40. The monoisotopic (exact) mass is 382 g/mol. The molecule has 0 spiro atoms. The highest BCUT2D eigenvalue weighted by atomic mass is 19.4. The molecule has 0 aromatic heterocycles. The molecule has 1 aromatic rings. The van der Waals surface area contributed by atoms with E-state index in [9.17, 15) is 18.0 Å².